The Hall–Kier alpha value is -2.53. The molecule has 2 aliphatic rings. The lowest BCUT2D eigenvalue weighted by molar-refractivity contribution is -0.146. The number of ether oxygens (including phenoxy) is 4. The Morgan fingerprint density at radius 1 is 1.09 bits per heavy atom. The first-order chi connectivity index (χ1) is 10.8. The summed E-state index contributed by atoms with van der Waals surface area (Å²) in [6.07, 6.45) is -0.890. The van der Waals surface area contributed by atoms with Crippen LogP contribution in [0.4, 0.5) is 0 Å². The molecule has 2 aromatic rings. The number of fused-ring (bicyclic) bond motifs is 1. The van der Waals surface area contributed by atoms with Gasteiger partial charge < -0.3 is 18.9 Å². The van der Waals surface area contributed by atoms with E-state index in [0.29, 0.717) is 11.5 Å². The Bertz CT molecular complexity index is 697. The van der Waals surface area contributed by atoms with Crippen LogP contribution < -0.4 is 9.47 Å². The largest absolute Gasteiger partial charge is 0.459 e. The molecule has 2 aliphatic heterocycles. The molecule has 0 aromatic heterocycles. The molecule has 112 valence electrons. The molecule has 4 rings (SSSR count). The fourth-order valence-corrected chi connectivity index (χ4v) is 2.52. The van der Waals surface area contributed by atoms with Gasteiger partial charge in [-0.3, -0.25) is 0 Å². The van der Waals surface area contributed by atoms with Crippen LogP contribution in [0.3, 0.4) is 0 Å². The van der Waals surface area contributed by atoms with Gasteiger partial charge in [-0.1, -0.05) is 42.5 Å². The number of carbonyl (C=O) groups excluding carboxylic acids is 1. The molecule has 0 saturated carbocycles. The van der Waals surface area contributed by atoms with Crippen LogP contribution in [-0.2, 0) is 20.9 Å². The van der Waals surface area contributed by atoms with E-state index in [9.17, 15) is 4.79 Å². The van der Waals surface area contributed by atoms with E-state index in [2.05, 4.69) is 0 Å². The number of hydrogen-bond donors (Lipinski definition) is 0. The van der Waals surface area contributed by atoms with Crippen molar-refractivity contribution in [3.8, 4) is 11.5 Å². The molecule has 1 saturated heterocycles. The third kappa shape index (κ3) is 2.40. The van der Waals surface area contributed by atoms with Gasteiger partial charge in [-0.15, -0.1) is 0 Å². The van der Waals surface area contributed by atoms with Crippen molar-refractivity contribution in [1.82, 2.24) is 0 Å². The molecule has 5 heteroatoms. The van der Waals surface area contributed by atoms with E-state index >= 15 is 0 Å². The van der Waals surface area contributed by atoms with Gasteiger partial charge in [0.1, 0.15) is 12.7 Å². The van der Waals surface area contributed by atoms with E-state index in [0.717, 1.165) is 11.1 Å². The van der Waals surface area contributed by atoms with Gasteiger partial charge in [0.2, 0.25) is 6.79 Å². The lowest BCUT2D eigenvalue weighted by Gasteiger charge is -2.04. The maximum Gasteiger partial charge on any atom is 0.338 e. The van der Waals surface area contributed by atoms with Crippen LogP contribution in [0.15, 0.2) is 48.5 Å². The highest BCUT2D eigenvalue weighted by atomic mass is 16.7. The van der Waals surface area contributed by atoms with Crippen molar-refractivity contribution in [3.63, 3.8) is 0 Å². The summed E-state index contributed by atoms with van der Waals surface area (Å²) in [4.78, 5) is 12.0. The molecule has 2 aromatic carbocycles. The Labute approximate surface area is 127 Å². The maximum atomic E-state index is 12.0. The van der Waals surface area contributed by atoms with Crippen molar-refractivity contribution in [2.45, 2.75) is 18.8 Å². The van der Waals surface area contributed by atoms with Gasteiger partial charge in [0, 0.05) is 5.56 Å². The monoisotopic (exact) mass is 298 g/mol. The number of hydrogen-bond acceptors (Lipinski definition) is 5. The lowest BCUT2D eigenvalue weighted by Crippen LogP contribution is -2.12. The summed E-state index contributed by atoms with van der Waals surface area (Å²) < 4.78 is 21.5. The van der Waals surface area contributed by atoms with Crippen LogP contribution in [0.2, 0.25) is 0 Å². The fraction of sp³-hybridized carbons (Fsp3) is 0.235. The van der Waals surface area contributed by atoms with Crippen LogP contribution in [0.1, 0.15) is 17.2 Å². The van der Waals surface area contributed by atoms with Gasteiger partial charge in [-0.2, -0.15) is 0 Å². The summed E-state index contributed by atoms with van der Waals surface area (Å²) in [6.45, 7) is 0.445. The molecule has 2 atom stereocenters. The average Bonchev–Trinajstić information content (AvgIpc) is 3.21. The first-order valence-electron chi connectivity index (χ1n) is 7.07. The predicted molar refractivity (Wildman–Crippen MR) is 76.4 cm³/mol. The summed E-state index contributed by atoms with van der Waals surface area (Å²) in [5.41, 5.74) is 1.78. The van der Waals surface area contributed by atoms with E-state index in [-0.39, 0.29) is 25.5 Å². The molecule has 0 amide bonds. The summed E-state index contributed by atoms with van der Waals surface area (Å²) in [5.74, 6) is 0.987. The van der Waals surface area contributed by atoms with E-state index < -0.39 is 6.10 Å². The summed E-state index contributed by atoms with van der Waals surface area (Å²) in [7, 11) is 0. The van der Waals surface area contributed by atoms with Crippen LogP contribution in [0, 0.1) is 0 Å². The molecular formula is C17H14O5. The zero-order valence-corrected chi connectivity index (χ0v) is 11.7. The number of carbonyl (C=O) groups is 1. The molecule has 2 unspecified atom stereocenters. The molecule has 5 nitrogen and oxygen atoms in total. The Morgan fingerprint density at radius 3 is 2.82 bits per heavy atom. The van der Waals surface area contributed by atoms with Crippen LogP contribution >= 0.6 is 0 Å². The SMILES string of the molecule is O=C(OCc1ccccc1)C1OC1c1cccc2c1OCO2. The first-order valence-corrected chi connectivity index (χ1v) is 7.07. The van der Waals surface area contributed by atoms with Crippen molar-refractivity contribution >= 4 is 5.97 Å². The zero-order chi connectivity index (χ0) is 14.9. The third-order valence-electron chi connectivity index (χ3n) is 3.68. The number of rotatable bonds is 4. The fourth-order valence-electron chi connectivity index (χ4n) is 2.52. The first kappa shape index (κ1) is 13.2. The lowest BCUT2D eigenvalue weighted by atomic mass is 10.1. The van der Waals surface area contributed by atoms with Gasteiger partial charge in [0.15, 0.2) is 17.6 Å². The predicted octanol–water partition coefficient (Wildman–Crippen LogP) is 2.60. The van der Waals surface area contributed by atoms with Crippen molar-refractivity contribution in [3.05, 3.63) is 59.7 Å². The van der Waals surface area contributed by atoms with Gasteiger partial charge in [-0.25, -0.2) is 4.79 Å². The third-order valence-corrected chi connectivity index (χ3v) is 3.68. The highest BCUT2D eigenvalue weighted by molar-refractivity contribution is 5.79. The zero-order valence-electron chi connectivity index (χ0n) is 11.7. The molecule has 1 fully saturated rings. The molecule has 2 heterocycles. The van der Waals surface area contributed by atoms with Crippen LogP contribution in [0.5, 0.6) is 11.5 Å². The van der Waals surface area contributed by atoms with Crippen LogP contribution in [0.25, 0.3) is 0 Å². The van der Waals surface area contributed by atoms with Crippen LogP contribution in [-0.4, -0.2) is 18.9 Å². The number of esters is 1. The Morgan fingerprint density at radius 2 is 1.95 bits per heavy atom. The number of epoxide rings is 1. The second-order valence-electron chi connectivity index (χ2n) is 5.15. The molecule has 0 spiro atoms. The van der Waals surface area contributed by atoms with Crippen molar-refractivity contribution in [2.75, 3.05) is 6.79 Å². The Kier molecular flexibility index (Phi) is 3.20. The standard InChI is InChI=1S/C17H14O5/c18-17(19-9-11-5-2-1-3-6-11)16-15(22-16)12-7-4-8-13-14(12)21-10-20-13/h1-8,15-16H,9-10H2. The minimum absolute atomic E-state index is 0.197. The van der Waals surface area contributed by atoms with Crippen molar-refractivity contribution in [1.29, 1.82) is 0 Å². The second kappa shape index (κ2) is 5.35. The van der Waals surface area contributed by atoms with Gasteiger partial charge in [0.05, 0.1) is 0 Å². The van der Waals surface area contributed by atoms with Gasteiger partial charge in [0.25, 0.3) is 0 Å². The minimum Gasteiger partial charge on any atom is -0.459 e. The van der Waals surface area contributed by atoms with Gasteiger partial charge in [-0.05, 0) is 11.6 Å². The van der Waals surface area contributed by atoms with Crippen molar-refractivity contribution in [2.24, 2.45) is 0 Å². The van der Waals surface area contributed by atoms with E-state index in [1.165, 1.54) is 0 Å². The molecule has 0 radical (unpaired) electrons. The summed E-state index contributed by atoms with van der Waals surface area (Å²) >= 11 is 0. The van der Waals surface area contributed by atoms with E-state index in [1.54, 1.807) is 0 Å². The quantitative estimate of drug-likeness (QED) is 0.641. The van der Waals surface area contributed by atoms with E-state index in [1.807, 2.05) is 48.5 Å². The number of benzene rings is 2. The normalized spacial score (nSPS) is 21.5. The molecule has 0 aliphatic carbocycles. The second-order valence-corrected chi connectivity index (χ2v) is 5.15. The molecule has 0 N–H and O–H groups in total. The van der Waals surface area contributed by atoms with Gasteiger partial charge >= 0.3 is 5.97 Å². The highest BCUT2D eigenvalue weighted by Gasteiger charge is 2.49. The molecular weight excluding hydrogens is 284 g/mol. The maximum absolute atomic E-state index is 12.0. The highest BCUT2D eigenvalue weighted by Crippen LogP contribution is 2.48. The summed E-state index contributed by atoms with van der Waals surface area (Å²) in [6, 6.07) is 15.1. The summed E-state index contributed by atoms with van der Waals surface area (Å²) in [5, 5.41) is 0. The van der Waals surface area contributed by atoms with E-state index in [4.69, 9.17) is 18.9 Å². The Balaban J connectivity index is 1.40. The minimum atomic E-state index is -0.570. The van der Waals surface area contributed by atoms with Crippen molar-refractivity contribution < 1.29 is 23.7 Å². The molecule has 0 bridgehead atoms. The smallest absolute Gasteiger partial charge is 0.338 e. The number of para-hydroxylation sites is 1. The average molecular weight is 298 g/mol. The topological polar surface area (TPSA) is 57.3 Å². The molecule has 22 heavy (non-hydrogen) atoms.